The fourth-order valence-corrected chi connectivity index (χ4v) is 4.09. The Morgan fingerprint density at radius 1 is 1.28 bits per heavy atom. The molecular formula is C19H13F3N2O4S. The molecule has 1 aliphatic heterocycles. The van der Waals surface area contributed by atoms with Crippen LogP contribution in [0.2, 0.25) is 0 Å². The lowest BCUT2D eigenvalue weighted by Gasteiger charge is -2.33. The van der Waals surface area contributed by atoms with Crippen LogP contribution >= 0.6 is 11.3 Å². The van der Waals surface area contributed by atoms with Gasteiger partial charge in [-0.2, -0.15) is 0 Å². The molecule has 1 aromatic heterocycles. The van der Waals surface area contributed by atoms with Crippen LogP contribution in [0.5, 0.6) is 5.75 Å². The number of carboxylic acids is 1. The van der Waals surface area contributed by atoms with E-state index in [0.717, 1.165) is 23.0 Å². The molecular weight excluding hydrogens is 409 g/mol. The molecule has 1 amide bonds. The van der Waals surface area contributed by atoms with Crippen LogP contribution in [0.3, 0.4) is 0 Å². The van der Waals surface area contributed by atoms with Gasteiger partial charge in [0, 0.05) is 0 Å². The monoisotopic (exact) mass is 422 g/mol. The number of halogens is 3. The molecule has 0 fully saturated rings. The zero-order chi connectivity index (χ0) is 20.9. The molecule has 1 N–H and O–H groups in total. The SMILES string of the molecule is Cc1ccc2c(c1)OC(CC(=O)O)C(=O)N2Cc1nc2c(F)c(F)c(F)cc2s1. The van der Waals surface area contributed by atoms with Crippen LogP contribution in [0.15, 0.2) is 24.3 Å². The van der Waals surface area contributed by atoms with Gasteiger partial charge >= 0.3 is 5.97 Å². The second-order valence-electron chi connectivity index (χ2n) is 6.54. The average molecular weight is 422 g/mol. The number of nitrogens with zero attached hydrogens (tertiary/aromatic N) is 2. The van der Waals surface area contributed by atoms with Gasteiger partial charge in [0.15, 0.2) is 23.6 Å². The van der Waals surface area contributed by atoms with Gasteiger partial charge in [0.2, 0.25) is 0 Å². The molecule has 0 spiro atoms. The zero-order valence-electron chi connectivity index (χ0n) is 14.9. The zero-order valence-corrected chi connectivity index (χ0v) is 15.7. The van der Waals surface area contributed by atoms with E-state index in [1.807, 2.05) is 6.92 Å². The lowest BCUT2D eigenvalue weighted by molar-refractivity contribution is -0.142. The number of anilines is 1. The summed E-state index contributed by atoms with van der Waals surface area (Å²) in [5.74, 6) is -5.79. The molecule has 0 aliphatic carbocycles. The minimum absolute atomic E-state index is 0.100. The number of fused-ring (bicyclic) bond motifs is 2. The highest BCUT2D eigenvalue weighted by Crippen LogP contribution is 2.37. The highest BCUT2D eigenvalue weighted by atomic mass is 32.1. The van der Waals surface area contributed by atoms with E-state index in [4.69, 9.17) is 9.84 Å². The van der Waals surface area contributed by atoms with Crippen LogP contribution in [0.25, 0.3) is 10.2 Å². The fraction of sp³-hybridized carbons (Fsp3) is 0.211. The number of carbonyl (C=O) groups excluding carboxylic acids is 1. The van der Waals surface area contributed by atoms with Crippen LogP contribution in [-0.4, -0.2) is 28.1 Å². The number of thiazole rings is 1. The van der Waals surface area contributed by atoms with E-state index in [9.17, 15) is 22.8 Å². The van der Waals surface area contributed by atoms with E-state index >= 15 is 0 Å². The number of hydrogen-bond acceptors (Lipinski definition) is 5. The molecule has 0 saturated heterocycles. The van der Waals surface area contributed by atoms with Crippen LogP contribution in [0.1, 0.15) is 17.0 Å². The summed E-state index contributed by atoms with van der Waals surface area (Å²) in [7, 11) is 0. The molecule has 0 saturated carbocycles. The molecule has 0 radical (unpaired) electrons. The van der Waals surface area contributed by atoms with Crippen molar-refractivity contribution in [3.63, 3.8) is 0 Å². The Bertz CT molecular complexity index is 1160. The van der Waals surface area contributed by atoms with Crippen molar-refractivity contribution in [3.8, 4) is 5.75 Å². The van der Waals surface area contributed by atoms with Crippen LogP contribution in [-0.2, 0) is 16.1 Å². The van der Waals surface area contributed by atoms with E-state index in [2.05, 4.69) is 4.98 Å². The van der Waals surface area contributed by atoms with Crippen LogP contribution in [0.4, 0.5) is 18.9 Å². The highest BCUT2D eigenvalue weighted by molar-refractivity contribution is 7.18. The first-order valence-electron chi connectivity index (χ1n) is 8.48. The second-order valence-corrected chi connectivity index (χ2v) is 7.66. The molecule has 2 aromatic carbocycles. The van der Waals surface area contributed by atoms with Crippen molar-refractivity contribution < 1.29 is 32.6 Å². The summed E-state index contributed by atoms with van der Waals surface area (Å²) >= 11 is 0.914. The summed E-state index contributed by atoms with van der Waals surface area (Å²) in [5, 5.41) is 9.30. The van der Waals surface area contributed by atoms with Gasteiger partial charge in [0.25, 0.3) is 5.91 Å². The molecule has 4 rings (SSSR count). The largest absolute Gasteiger partial charge is 0.481 e. The average Bonchev–Trinajstić information content (AvgIpc) is 3.05. The Kier molecular flexibility index (Phi) is 4.65. The Balaban J connectivity index is 1.75. The molecule has 2 heterocycles. The molecule has 3 aromatic rings. The Hall–Kier alpha value is -3.14. The van der Waals surface area contributed by atoms with Crippen molar-refractivity contribution >= 4 is 39.1 Å². The molecule has 0 bridgehead atoms. The molecule has 1 atom stereocenters. The molecule has 1 aliphatic rings. The van der Waals surface area contributed by atoms with E-state index in [-0.39, 0.29) is 21.8 Å². The summed E-state index contributed by atoms with van der Waals surface area (Å²) in [5.41, 5.74) is 0.926. The van der Waals surface area contributed by atoms with E-state index in [0.29, 0.717) is 11.4 Å². The van der Waals surface area contributed by atoms with Crippen molar-refractivity contribution in [2.24, 2.45) is 0 Å². The minimum Gasteiger partial charge on any atom is -0.481 e. The standard InChI is InChI=1S/C19H13F3N2O4S/c1-8-2-3-10-11(4-8)28-12(6-15(25)26)19(27)24(10)7-14-23-18-13(29-14)5-9(20)16(21)17(18)22/h2-5,12H,6-7H2,1H3,(H,25,26). The van der Waals surface area contributed by atoms with E-state index in [1.165, 1.54) is 4.90 Å². The first kappa shape index (κ1) is 19.2. The van der Waals surface area contributed by atoms with Gasteiger partial charge in [-0.15, -0.1) is 11.3 Å². The number of benzene rings is 2. The first-order valence-corrected chi connectivity index (χ1v) is 9.29. The molecule has 29 heavy (non-hydrogen) atoms. The maximum atomic E-state index is 14.0. The van der Waals surface area contributed by atoms with Crippen LogP contribution in [0, 0.1) is 24.4 Å². The van der Waals surface area contributed by atoms with Crippen LogP contribution < -0.4 is 9.64 Å². The Labute approximate surface area is 166 Å². The van der Waals surface area contributed by atoms with Gasteiger partial charge in [-0.25, -0.2) is 18.2 Å². The lowest BCUT2D eigenvalue weighted by atomic mass is 10.1. The van der Waals surface area contributed by atoms with Crippen molar-refractivity contribution in [2.75, 3.05) is 4.90 Å². The summed E-state index contributed by atoms with van der Waals surface area (Å²) in [6.07, 6.45) is -1.77. The van der Waals surface area contributed by atoms with Gasteiger partial charge in [0.1, 0.15) is 16.3 Å². The topological polar surface area (TPSA) is 79.7 Å². The summed E-state index contributed by atoms with van der Waals surface area (Å²) in [6.45, 7) is 1.69. The molecule has 10 heteroatoms. The van der Waals surface area contributed by atoms with Gasteiger partial charge in [0.05, 0.1) is 23.4 Å². The number of amides is 1. The number of ether oxygens (including phenoxy) is 1. The normalized spacial score (nSPS) is 16.1. The third-order valence-electron chi connectivity index (χ3n) is 4.44. The predicted molar refractivity (Wildman–Crippen MR) is 98.5 cm³/mol. The number of carboxylic acid groups (broad SMARTS) is 1. The second kappa shape index (κ2) is 7.03. The lowest BCUT2D eigenvalue weighted by Crippen LogP contribution is -2.46. The maximum absolute atomic E-state index is 14.0. The molecule has 150 valence electrons. The third kappa shape index (κ3) is 3.39. The van der Waals surface area contributed by atoms with Gasteiger partial charge < -0.3 is 9.84 Å². The van der Waals surface area contributed by atoms with Gasteiger partial charge in [-0.3, -0.25) is 14.5 Å². The van der Waals surface area contributed by atoms with Crippen molar-refractivity contribution in [1.82, 2.24) is 4.98 Å². The predicted octanol–water partition coefficient (Wildman–Crippen LogP) is 3.79. The number of carbonyl (C=O) groups is 2. The van der Waals surface area contributed by atoms with Crippen molar-refractivity contribution in [2.45, 2.75) is 26.0 Å². The summed E-state index contributed by atoms with van der Waals surface area (Å²) in [4.78, 5) is 29.2. The maximum Gasteiger partial charge on any atom is 0.307 e. The molecule has 6 nitrogen and oxygen atoms in total. The number of hydrogen-bond donors (Lipinski definition) is 1. The third-order valence-corrected chi connectivity index (χ3v) is 5.42. The molecule has 1 unspecified atom stereocenters. The van der Waals surface area contributed by atoms with E-state index < -0.39 is 41.9 Å². The number of aromatic nitrogens is 1. The van der Waals surface area contributed by atoms with Crippen molar-refractivity contribution in [3.05, 3.63) is 52.3 Å². The first-order chi connectivity index (χ1) is 13.7. The highest BCUT2D eigenvalue weighted by Gasteiger charge is 2.36. The number of rotatable bonds is 4. The Morgan fingerprint density at radius 3 is 2.76 bits per heavy atom. The van der Waals surface area contributed by atoms with Crippen molar-refractivity contribution in [1.29, 1.82) is 0 Å². The van der Waals surface area contributed by atoms with Gasteiger partial charge in [-0.1, -0.05) is 6.07 Å². The summed E-state index contributed by atoms with van der Waals surface area (Å²) < 4.78 is 46.6. The summed E-state index contributed by atoms with van der Waals surface area (Å²) in [6, 6.07) is 5.92. The fourth-order valence-electron chi connectivity index (χ4n) is 3.11. The van der Waals surface area contributed by atoms with E-state index in [1.54, 1.807) is 18.2 Å². The Morgan fingerprint density at radius 2 is 2.03 bits per heavy atom. The number of aliphatic carboxylic acids is 1. The quantitative estimate of drug-likeness (QED) is 0.647. The smallest absolute Gasteiger partial charge is 0.307 e. The number of aryl methyl sites for hydroxylation is 1. The minimum atomic E-state index is -1.61. The van der Waals surface area contributed by atoms with Gasteiger partial charge in [-0.05, 0) is 30.7 Å².